The molecule has 0 radical (unpaired) electrons. The van der Waals surface area contributed by atoms with Crippen LogP contribution in [-0.4, -0.2) is 22.7 Å². The molecule has 20 heavy (non-hydrogen) atoms. The molecule has 1 saturated heterocycles. The summed E-state index contributed by atoms with van der Waals surface area (Å²) >= 11 is 3.32. The van der Waals surface area contributed by atoms with Crippen molar-refractivity contribution in [2.24, 2.45) is 0 Å². The zero-order valence-corrected chi connectivity index (χ0v) is 13.4. The molecule has 1 aliphatic rings. The molecule has 0 unspecified atom stereocenters. The van der Waals surface area contributed by atoms with Crippen LogP contribution in [0.25, 0.3) is 0 Å². The number of benzene rings is 1. The number of alkyl halides is 1. The molecule has 1 N–H and O–H groups in total. The summed E-state index contributed by atoms with van der Waals surface area (Å²) < 4.78 is -0.561. The number of amides is 2. The van der Waals surface area contributed by atoms with E-state index in [9.17, 15) is 9.59 Å². The van der Waals surface area contributed by atoms with Crippen molar-refractivity contribution in [3.63, 3.8) is 0 Å². The monoisotopic (exact) mass is 338 g/mol. The van der Waals surface area contributed by atoms with Crippen molar-refractivity contribution in [1.82, 2.24) is 5.32 Å². The van der Waals surface area contributed by atoms with Gasteiger partial charge in [0, 0.05) is 25.2 Å². The van der Waals surface area contributed by atoms with Gasteiger partial charge in [-0.1, -0.05) is 28.1 Å². The molecular formula is C15H19BrN2O2. The first-order valence-electron chi connectivity index (χ1n) is 6.74. The maximum atomic E-state index is 11.7. The van der Waals surface area contributed by atoms with Crippen LogP contribution in [0.5, 0.6) is 0 Å². The summed E-state index contributed by atoms with van der Waals surface area (Å²) in [5.41, 5.74) is 1.95. The van der Waals surface area contributed by atoms with Gasteiger partial charge < -0.3 is 10.2 Å². The van der Waals surface area contributed by atoms with E-state index in [0.717, 1.165) is 24.2 Å². The van der Waals surface area contributed by atoms with E-state index in [4.69, 9.17) is 0 Å². The molecule has 0 bridgehead atoms. The molecule has 0 aromatic heterocycles. The van der Waals surface area contributed by atoms with Crippen LogP contribution in [0.1, 0.15) is 32.3 Å². The first kappa shape index (κ1) is 15.0. The van der Waals surface area contributed by atoms with Crippen LogP contribution >= 0.6 is 15.9 Å². The van der Waals surface area contributed by atoms with E-state index in [1.165, 1.54) is 0 Å². The Balaban J connectivity index is 1.95. The maximum Gasteiger partial charge on any atom is 0.236 e. The second-order valence-electron chi connectivity index (χ2n) is 5.47. The first-order chi connectivity index (χ1) is 9.38. The molecule has 4 nitrogen and oxygen atoms in total. The van der Waals surface area contributed by atoms with E-state index in [-0.39, 0.29) is 11.8 Å². The number of rotatable bonds is 4. The zero-order valence-electron chi connectivity index (χ0n) is 11.8. The van der Waals surface area contributed by atoms with Crippen LogP contribution in [0.15, 0.2) is 24.3 Å². The van der Waals surface area contributed by atoms with Crippen molar-refractivity contribution < 1.29 is 9.59 Å². The summed E-state index contributed by atoms with van der Waals surface area (Å²) in [7, 11) is 0. The normalized spacial score (nSPS) is 15.6. The lowest BCUT2D eigenvalue weighted by Gasteiger charge is -2.17. The molecule has 1 fully saturated rings. The molecule has 2 amide bonds. The minimum Gasteiger partial charge on any atom is -0.351 e. The fraction of sp³-hybridized carbons (Fsp3) is 0.467. The Morgan fingerprint density at radius 2 is 2.00 bits per heavy atom. The van der Waals surface area contributed by atoms with Gasteiger partial charge in [-0.2, -0.15) is 0 Å². The SMILES string of the molecule is CC(C)(Br)C(=O)NCc1ccc(N2CCCC2=O)cc1. The summed E-state index contributed by atoms with van der Waals surface area (Å²) in [4.78, 5) is 25.2. The lowest BCUT2D eigenvalue weighted by molar-refractivity contribution is -0.122. The lowest BCUT2D eigenvalue weighted by atomic mass is 10.1. The maximum absolute atomic E-state index is 11.7. The highest BCUT2D eigenvalue weighted by atomic mass is 79.9. The van der Waals surface area contributed by atoms with Crippen molar-refractivity contribution in [3.8, 4) is 0 Å². The second-order valence-corrected chi connectivity index (χ2v) is 7.45. The Hall–Kier alpha value is -1.36. The van der Waals surface area contributed by atoms with Gasteiger partial charge in [0.15, 0.2) is 0 Å². The standard InChI is InChI=1S/C15H19BrN2O2/c1-15(2,16)14(20)17-10-11-5-7-12(8-6-11)18-9-3-4-13(18)19/h5-8H,3-4,9-10H2,1-2H3,(H,17,20). The van der Waals surface area contributed by atoms with Crippen LogP contribution in [-0.2, 0) is 16.1 Å². The predicted octanol–water partition coefficient (Wildman–Crippen LogP) is 2.60. The lowest BCUT2D eigenvalue weighted by Crippen LogP contribution is -2.37. The minimum absolute atomic E-state index is 0.0451. The largest absolute Gasteiger partial charge is 0.351 e. The molecule has 1 aromatic carbocycles. The summed E-state index contributed by atoms with van der Waals surface area (Å²) in [6, 6.07) is 7.76. The van der Waals surface area contributed by atoms with Gasteiger partial charge in [-0.3, -0.25) is 9.59 Å². The van der Waals surface area contributed by atoms with E-state index < -0.39 is 4.32 Å². The Labute approximate surface area is 127 Å². The van der Waals surface area contributed by atoms with Crippen molar-refractivity contribution in [1.29, 1.82) is 0 Å². The number of anilines is 1. The summed E-state index contributed by atoms with van der Waals surface area (Å²) in [5, 5.41) is 2.87. The molecule has 1 aromatic rings. The third-order valence-corrected chi connectivity index (χ3v) is 3.67. The Bertz CT molecular complexity index is 506. The summed E-state index contributed by atoms with van der Waals surface area (Å²) in [5.74, 6) is 0.142. The van der Waals surface area contributed by atoms with Crippen LogP contribution < -0.4 is 10.2 Å². The number of hydrogen-bond donors (Lipinski definition) is 1. The van der Waals surface area contributed by atoms with E-state index >= 15 is 0 Å². The molecule has 0 spiro atoms. The molecule has 0 saturated carbocycles. The quantitative estimate of drug-likeness (QED) is 0.858. The predicted molar refractivity (Wildman–Crippen MR) is 82.9 cm³/mol. The van der Waals surface area contributed by atoms with Crippen LogP contribution in [0.3, 0.4) is 0 Å². The Kier molecular flexibility index (Phi) is 4.48. The van der Waals surface area contributed by atoms with E-state index in [1.807, 2.05) is 43.0 Å². The molecule has 2 rings (SSSR count). The molecule has 108 valence electrons. The molecule has 1 heterocycles. The highest BCUT2D eigenvalue weighted by molar-refractivity contribution is 9.10. The van der Waals surface area contributed by atoms with Gasteiger partial charge in [-0.25, -0.2) is 0 Å². The summed E-state index contributed by atoms with van der Waals surface area (Å²) in [6.45, 7) is 4.91. The van der Waals surface area contributed by atoms with Crippen LogP contribution in [0.2, 0.25) is 0 Å². The number of carbonyl (C=O) groups is 2. The smallest absolute Gasteiger partial charge is 0.236 e. The Morgan fingerprint density at radius 3 is 2.50 bits per heavy atom. The molecule has 5 heteroatoms. The van der Waals surface area contributed by atoms with Crippen LogP contribution in [0.4, 0.5) is 5.69 Å². The van der Waals surface area contributed by atoms with E-state index in [1.54, 1.807) is 0 Å². The molecule has 1 aliphatic heterocycles. The fourth-order valence-electron chi connectivity index (χ4n) is 2.11. The number of nitrogens with one attached hydrogen (secondary N) is 1. The highest BCUT2D eigenvalue weighted by Crippen LogP contribution is 2.21. The number of hydrogen-bond acceptors (Lipinski definition) is 2. The topological polar surface area (TPSA) is 49.4 Å². The fourth-order valence-corrected chi connectivity index (χ4v) is 2.25. The number of nitrogens with zero attached hydrogens (tertiary/aromatic N) is 1. The van der Waals surface area contributed by atoms with Crippen molar-refractivity contribution in [2.75, 3.05) is 11.4 Å². The average Bonchev–Trinajstić information content (AvgIpc) is 2.82. The zero-order chi connectivity index (χ0) is 14.8. The van der Waals surface area contributed by atoms with Gasteiger partial charge >= 0.3 is 0 Å². The highest BCUT2D eigenvalue weighted by Gasteiger charge is 2.23. The van der Waals surface area contributed by atoms with Gasteiger partial charge in [0.1, 0.15) is 0 Å². The van der Waals surface area contributed by atoms with E-state index in [2.05, 4.69) is 21.2 Å². The van der Waals surface area contributed by atoms with Gasteiger partial charge in [-0.15, -0.1) is 0 Å². The first-order valence-corrected chi connectivity index (χ1v) is 7.54. The third-order valence-electron chi connectivity index (χ3n) is 3.31. The molecule has 0 aliphatic carbocycles. The average molecular weight is 339 g/mol. The Morgan fingerprint density at radius 1 is 1.35 bits per heavy atom. The second kappa shape index (κ2) is 5.95. The minimum atomic E-state index is -0.561. The van der Waals surface area contributed by atoms with Gasteiger partial charge in [0.2, 0.25) is 11.8 Å². The van der Waals surface area contributed by atoms with Crippen molar-refractivity contribution >= 4 is 33.4 Å². The third kappa shape index (κ3) is 3.60. The van der Waals surface area contributed by atoms with Crippen LogP contribution in [0, 0.1) is 0 Å². The molecule has 0 atom stereocenters. The van der Waals surface area contributed by atoms with Crippen molar-refractivity contribution in [2.45, 2.75) is 37.6 Å². The van der Waals surface area contributed by atoms with Gasteiger partial charge in [0.25, 0.3) is 0 Å². The number of carbonyl (C=O) groups excluding carboxylic acids is 2. The van der Waals surface area contributed by atoms with Gasteiger partial charge in [0.05, 0.1) is 4.32 Å². The van der Waals surface area contributed by atoms with Gasteiger partial charge in [-0.05, 0) is 38.0 Å². The molecular weight excluding hydrogens is 320 g/mol. The van der Waals surface area contributed by atoms with Crippen molar-refractivity contribution in [3.05, 3.63) is 29.8 Å². The number of halogens is 1. The van der Waals surface area contributed by atoms with E-state index in [0.29, 0.717) is 13.0 Å². The summed E-state index contributed by atoms with van der Waals surface area (Å²) in [6.07, 6.45) is 1.56.